The molecule has 1 heterocycles. The van der Waals surface area contributed by atoms with Gasteiger partial charge in [-0.1, -0.05) is 45.7 Å². The fourth-order valence-electron chi connectivity index (χ4n) is 2.15. The molecule has 0 atom stereocenters. The second kappa shape index (κ2) is 4.99. The van der Waals surface area contributed by atoms with Crippen LogP contribution in [0, 0.1) is 5.82 Å². The minimum absolute atomic E-state index is 0.162. The normalized spacial score (nSPS) is 11.1. The highest BCUT2D eigenvalue weighted by Crippen LogP contribution is 2.24. The molecule has 3 rings (SSSR count). The van der Waals surface area contributed by atoms with Crippen molar-refractivity contribution in [3.63, 3.8) is 0 Å². The van der Waals surface area contributed by atoms with Crippen LogP contribution in [0.15, 0.2) is 53.1 Å². The molecule has 2 aromatic carbocycles. The number of halogens is 3. The summed E-state index contributed by atoms with van der Waals surface area (Å²) in [5, 5.41) is 1.29. The van der Waals surface area contributed by atoms with Gasteiger partial charge in [0.15, 0.2) is 0 Å². The molecular formula is C15H10BrClFN. The topological polar surface area (TPSA) is 4.93 Å². The molecule has 0 amide bonds. The molecule has 0 aliphatic heterocycles. The van der Waals surface area contributed by atoms with Gasteiger partial charge in [-0.2, -0.15) is 0 Å². The number of rotatable bonds is 2. The third-order valence-corrected chi connectivity index (χ3v) is 3.89. The number of fused-ring (bicyclic) bond motifs is 1. The Balaban J connectivity index is 2.06. The van der Waals surface area contributed by atoms with Gasteiger partial charge in [0.25, 0.3) is 0 Å². The Kier molecular flexibility index (Phi) is 3.33. The van der Waals surface area contributed by atoms with Gasteiger partial charge >= 0.3 is 0 Å². The van der Waals surface area contributed by atoms with Crippen LogP contribution in [0.5, 0.6) is 0 Å². The number of aromatic nitrogens is 1. The Morgan fingerprint density at radius 3 is 2.84 bits per heavy atom. The van der Waals surface area contributed by atoms with E-state index in [9.17, 15) is 4.39 Å². The quantitative estimate of drug-likeness (QED) is 0.602. The van der Waals surface area contributed by atoms with Gasteiger partial charge in [-0.05, 0) is 29.7 Å². The number of nitrogens with zero attached hydrogens (tertiary/aromatic N) is 1. The first-order valence-corrected chi connectivity index (χ1v) is 6.99. The van der Waals surface area contributed by atoms with Crippen molar-refractivity contribution >= 4 is 38.4 Å². The highest BCUT2D eigenvalue weighted by Gasteiger charge is 2.08. The van der Waals surface area contributed by atoms with Crippen LogP contribution in [0.2, 0.25) is 5.02 Å². The summed E-state index contributed by atoms with van der Waals surface area (Å²) in [6, 6.07) is 13.1. The van der Waals surface area contributed by atoms with E-state index in [0.29, 0.717) is 12.1 Å². The van der Waals surface area contributed by atoms with E-state index < -0.39 is 0 Å². The number of hydrogen-bond donors (Lipinski definition) is 0. The largest absolute Gasteiger partial charge is 0.343 e. The molecule has 4 heteroatoms. The van der Waals surface area contributed by atoms with E-state index in [1.54, 1.807) is 18.2 Å². The molecule has 0 N–H and O–H groups in total. The van der Waals surface area contributed by atoms with Crippen molar-refractivity contribution in [2.45, 2.75) is 6.54 Å². The van der Waals surface area contributed by atoms with Gasteiger partial charge in [-0.25, -0.2) is 4.39 Å². The summed E-state index contributed by atoms with van der Waals surface area (Å²) in [6.45, 7) is 0.465. The van der Waals surface area contributed by atoms with Crippen LogP contribution < -0.4 is 0 Å². The lowest BCUT2D eigenvalue weighted by atomic mass is 10.2. The molecule has 0 radical (unpaired) electrons. The van der Waals surface area contributed by atoms with E-state index in [4.69, 9.17) is 11.6 Å². The lowest BCUT2D eigenvalue weighted by molar-refractivity contribution is 0.602. The second-order valence-electron chi connectivity index (χ2n) is 4.36. The zero-order valence-electron chi connectivity index (χ0n) is 9.91. The first-order valence-electron chi connectivity index (χ1n) is 5.82. The zero-order valence-corrected chi connectivity index (χ0v) is 12.2. The maximum atomic E-state index is 13.9. The molecule has 0 spiro atoms. The summed E-state index contributed by atoms with van der Waals surface area (Å²) < 4.78 is 16.9. The second-order valence-corrected chi connectivity index (χ2v) is 5.68. The zero-order chi connectivity index (χ0) is 13.4. The molecule has 0 unspecified atom stereocenters. The average Bonchev–Trinajstić information content (AvgIpc) is 2.78. The van der Waals surface area contributed by atoms with Crippen LogP contribution in [0.1, 0.15) is 5.56 Å². The molecular weight excluding hydrogens is 329 g/mol. The van der Waals surface area contributed by atoms with Crippen LogP contribution >= 0.6 is 27.5 Å². The molecule has 1 aromatic heterocycles. The van der Waals surface area contributed by atoms with Gasteiger partial charge in [-0.3, -0.25) is 0 Å². The van der Waals surface area contributed by atoms with Crippen molar-refractivity contribution in [3.05, 3.63) is 69.5 Å². The highest BCUT2D eigenvalue weighted by atomic mass is 79.9. The number of hydrogen-bond acceptors (Lipinski definition) is 0. The van der Waals surface area contributed by atoms with Crippen molar-refractivity contribution in [3.8, 4) is 0 Å². The van der Waals surface area contributed by atoms with E-state index in [1.807, 2.05) is 35.0 Å². The van der Waals surface area contributed by atoms with E-state index in [-0.39, 0.29) is 10.8 Å². The molecule has 0 aliphatic rings. The maximum Gasteiger partial charge on any atom is 0.146 e. The molecule has 1 nitrogen and oxygen atoms in total. The molecule has 3 aromatic rings. The Hall–Kier alpha value is -1.32. The number of benzene rings is 2. The Bertz CT molecular complexity index is 751. The lowest BCUT2D eigenvalue weighted by Gasteiger charge is -2.08. The molecule has 19 heavy (non-hydrogen) atoms. The monoisotopic (exact) mass is 337 g/mol. The minimum Gasteiger partial charge on any atom is -0.343 e. The SMILES string of the molecule is Fc1c(Cl)cccc1Cn1ccc2ccc(Br)cc21. The van der Waals surface area contributed by atoms with Gasteiger partial charge < -0.3 is 4.57 Å². The summed E-state index contributed by atoms with van der Waals surface area (Å²) in [6.07, 6.45) is 1.96. The Morgan fingerprint density at radius 2 is 2.00 bits per heavy atom. The van der Waals surface area contributed by atoms with Crippen LogP contribution in [0.3, 0.4) is 0 Å². The maximum absolute atomic E-state index is 13.9. The van der Waals surface area contributed by atoms with E-state index >= 15 is 0 Å². The fourth-order valence-corrected chi connectivity index (χ4v) is 2.69. The minimum atomic E-state index is -0.346. The van der Waals surface area contributed by atoms with Crippen LogP contribution in [-0.2, 0) is 6.54 Å². The van der Waals surface area contributed by atoms with Gasteiger partial charge in [0.05, 0.1) is 11.6 Å². The summed E-state index contributed by atoms with van der Waals surface area (Å²) in [5.41, 5.74) is 1.65. The lowest BCUT2D eigenvalue weighted by Crippen LogP contribution is -2.00. The summed E-state index contributed by atoms with van der Waals surface area (Å²) in [5.74, 6) is -0.346. The standard InChI is InChI=1S/C15H10BrClFN/c16-12-5-4-10-6-7-19(14(10)8-12)9-11-2-1-3-13(17)15(11)18/h1-8H,9H2. The van der Waals surface area contributed by atoms with Crippen LogP contribution in [0.4, 0.5) is 4.39 Å². The van der Waals surface area contributed by atoms with Crippen molar-refractivity contribution in [2.75, 3.05) is 0 Å². The van der Waals surface area contributed by atoms with Crippen LogP contribution in [-0.4, -0.2) is 4.57 Å². The van der Waals surface area contributed by atoms with E-state index in [1.165, 1.54) is 0 Å². The summed E-state index contributed by atoms with van der Waals surface area (Å²) in [7, 11) is 0. The molecule has 96 valence electrons. The van der Waals surface area contributed by atoms with Gasteiger partial charge in [0, 0.05) is 21.7 Å². The molecule has 0 saturated heterocycles. The Morgan fingerprint density at radius 1 is 1.16 bits per heavy atom. The predicted molar refractivity (Wildman–Crippen MR) is 80.2 cm³/mol. The third-order valence-electron chi connectivity index (χ3n) is 3.11. The van der Waals surface area contributed by atoms with Gasteiger partial charge in [0.1, 0.15) is 5.82 Å². The fraction of sp³-hybridized carbons (Fsp3) is 0.0667. The highest BCUT2D eigenvalue weighted by molar-refractivity contribution is 9.10. The van der Waals surface area contributed by atoms with E-state index in [0.717, 1.165) is 15.4 Å². The van der Waals surface area contributed by atoms with Crippen molar-refractivity contribution in [1.82, 2.24) is 4.57 Å². The third kappa shape index (κ3) is 2.40. The smallest absolute Gasteiger partial charge is 0.146 e. The van der Waals surface area contributed by atoms with E-state index in [2.05, 4.69) is 15.9 Å². The average molecular weight is 339 g/mol. The van der Waals surface area contributed by atoms with Crippen molar-refractivity contribution in [2.24, 2.45) is 0 Å². The Labute approximate surface area is 123 Å². The van der Waals surface area contributed by atoms with Gasteiger partial charge in [0.2, 0.25) is 0 Å². The summed E-state index contributed by atoms with van der Waals surface area (Å²) >= 11 is 9.26. The van der Waals surface area contributed by atoms with Crippen molar-refractivity contribution in [1.29, 1.82) is 0 Å². The molecule has 0 aliphatic carbocycles. The van der Waals surface area contributed by atoms with Crippen molar-refractivity contribution < 1.29 is 4.39 Å². The predicted octanol–water partition coefficient (Wildman–Crippen LogP) is 5.24. The first-order chi connectivity index (χ1) is 9.15. The molecule has 0 saturated carbocycles. The van der Waals surface area contributed by atoms with Gasteiger partial charge in [-0.15, -0.1) is 0 Å². The summed E-state index contributed by atoms with van der Waals surface area (Å²) in [4.78, 5) is 0. The van der Waals surface area contributed by atoms with Crippen LogP contribution in [0.25, 0.3) is 10.9 Å². The first kappa shape index (κ1) is 12.7. The molecule has 0 bridgehead atoms. The molecule has 0 fully saturated rings.